The first-order valence-corrected chi connectivity index (χ1v) is 3.77. The van der Waals surface area contributed by atoms with Crippen LogP contribution in [0.2, 0.25) is 0 Å². The molecule has 0 aromatic rings. The van der Waals surface area contributed by atoms with Crippen LogP contribution < -0.4 is 18.9 Å². The van der Waals surface area contributed by atoms with Crippen molar-refractivity contribution >= 4 is 0 Å². The molecule has 56 valence electrons. The van der Waals surface area contributed by atoms with E-state index in [0.717, 1.165) is 32.5 Å². The third-order valence-corrected chi connectivity index (χ3v) is 1.94. The summed E-state index contributed by atoms with van der Waals surface area (Å²) in [6.07, 6.45) is 8.26. The molecule has 1 spiro atoms. The molecule has 1 aliphatic carbocycles. The monoisotopic (exact) mass is 146 g/mol. The first-order chi connectivity index (χ1) is 4.91. The molecule has 0 N–H and O–H groups in total. The van der Waals surface area contributed by atoms with E-state index in [4.69, 9.17) is 9.47 Å². The zero-order valence-corrected chi connectivity index (χ0v) is 6.93. The standard InChI is InChI=1S/C8H11O2.Li/c1-2-4-8(5-3-1)9-6-7-10-8;/h5H,1-2,4,6-7H2;/q-1;+1. The van der Waals surface area contributed by atoms with Gasteiger partial charge in [0.1, 0.15) is 0 Å². The quantitative estimate of drug-likeness (QED) is 0.299. The minimum absolute atomic E-state index is 0. The van der Waals surface area contributed by atoms with Gasteiger partial charge in [-0.05, 0) is 0 Å². The Bertz CT molecular complexity index is 150. The van der Waals surface area contributed by atoms with Gasteiger partial charge >= 0.3 is 18.9 Å². The zero-order valence-electron chi connectivity index (χ0n) is 6.93. The first kappa shape index (κ1) is 9.35. The fourth-order valence-electron chi connectivity index (χ4n) is 1.43. The van der Waals surface area contributed by atoms with E-state index >= 15 is 0 Å². The molecule has 0 saturated carbocycles. The molecule has 0 aromatic heterocycles. The summed E-state index contributed by atoms with van der Waals surface area (Å²) in [6, 6.07) is 0. The molecule has 2 aliphatic rings. The van der Waals surface area contributed by atoms with Gasteiger partial charge in [0.25, 0.3) is 0 Å². The zero-order chi connectivity index (χ0) is 6.86. The van der Waals surface area contributed by atoms with Crippen molar-refractivity contribution in [3.8, 4) is 0 Å². The van der Waals surface area contributed by atoms with Crippen molar-refractivity contribution in [2.45, 2.75) is 25.0 Å². The van der Waals surface area contributed by atoms with Crippen molar-refractivity contribution in [2.75, 3.05) is 13.2 Å². The molecule has 0 atom stereocenters. The maximum atomic E-state index is 5.44. The second-order valence-electron chi connectivity index (χ2n) is 2.71. The summed E-state index contributed by atoms with van der Waals surface area (Å²) in [5.74, 6) is -0.363. The maximum absolute atomic E-state index is 5.44. The van der Waals surface area contributed by atoms with E-state index in [9.17, 15) is 0 Å². The normalized spacial score (nSPS) is 26.9. The van der Waals surface area contributed by atoms with E-state index < -0.39 is 0 Å². The van der Waals surface area contributed by atoms with Crippen LogP contribution in [0.1, 0.15) is 19.3 Å². The Hall–Kier alpha value is 0.257. The summed E-state index contributed by atoms with van der Waals surface area (Å²) in [6.45, 7) is 1.47. The largest absolute Gasteiger partial charge is 1.00 e. The van der Waals surface area contributed by atoms with E-state index in [1.54, 1.807) is 0 Å². The van der Waals surface area contributed by atoms with Crippen molar-refractivity contribution in [2.24, 2.45) is 0 Å². The van der Waals surface area contributed by atoms with E-state index in [-0.39, 0.29) is 24.6 Å². The first-order valence-electron chi connectivity index (χ1n) is 3.77. The number of hydrogen-bond donors (Lipinski definition) is 0. The summed E-state index contributed by atoms with van der Waals surface area (Å²) >= 11 is 0. The molecule has 0 amide bonds. The van der Waals surface area contributed by atoms with E-state index in [1.807, 2.05) is 6.08 Å². The Kier molecular flexibility index (Phi) is 3.21. The molecule has 1 saturated heterocycles. The predicted octanol–water partition coefficient (Wildman–Crippen LogP) is -1.72. The van der Waals surface area contributed by atoms with E-state index in [0.29, 0.717) is 0 Å². The van der Waals surface area contributed by atoms with Crippen molar-refractivity contribution in [3.63, 3.8) is 0 Å². The van der Waals surface area contributed by atoms with Gasteiger partial charge < -0.3 is 15.5 Å². The molecule has 0 radical (unpaired) electrons. The number of allylic oxidation sites excluding steroid dienone is 1. The number of ether oxygens (including phenoxy) is 2. The number of rotatable bonds is 0. The Morgan fingerprint density at radius 2 is 2.00 bits per heavy atom. The molecule has 0 aromatic carbocycles. The third-order valence-electron chi connectivity index (χ3n) is 1.94. The van der Waals surface area contributed by atoms with Gasteiger partial charge in [-0.2, -0.15) is 6.42 Å². The second-order valence-corrected chi connectivity index (χ2v) is 2.71. The van der Waals surface area contributed by atoms with Gasteiger partial charge in [0, 0.05) is 6.42 Å². The topological polar surface area (TPSA) is 18.5 Å². The molecular formula is C8H11LiO2. The van der Waals surface area contributed by atoms with Gasteiger partial charge in [0.2, 0.25) is 0 Å². The number of hydrogen-bond acceptors (Lipinski definition) is 2. The van der Waals surface area contributed by atoms with Crippen LogP contribution in [0.4, 0.5) is 0 Å². The molecule has 0 unspecified atom stereocenters. The summed E-state index contributed by atoms with van der Waals surface area (Å²) in [7, 11) is 0. The van der Waals surface area contributed by atoms with Crippen LogP contribution in [0.15, 0.2) is 6.08 Å². The van der Waals surface area contributed by atoms with E-state index in [2.05, 4.69) is 6.08 Å². The second kappa shape index (κ2) is 3.78. The average molecular weight is 146 g/mol. The molecule has 0 bridgehead atoms. The smallest absolute Gasteiger partial charge is 0.495 e. The maximum Gasteiger partial charge on any atom is 1.00 e. The summed E-state index contributed by atoms with van der Waals surface area (Å²) < 4.78 is 10.9. The third kappa shape index (κ3) is 1.89. The molecule has 2 nitrogen and oxygen atoms in total. The Morgan fingerprint density at radius 1 is 1.27 bits per heavy atom. The minimum atomic E-state index is -0.363. The van der Waals surface area contributed by atoms with Gasteiger partial charge in [0.05, 0.1) is 13.2 Å². The van der Waals surface area contributed by atoms with Crippen LogP contribution >= 0.6 is 0 Å². The molecule has 1 fully saturated rings. The van der Waals surface area contributed by atoms with Crippen molar-refractivity contribution in [1.29, 1.82) is 0 Å². The molecule has 1 heterocycles. The molecule has 3 heteroatoms. The molecular weight excluding hydrogens is 135 g/mol. The summed E-state index contributed by atoms with van der Waals surface area (Å²) in [4.78, 5) is 0. The van der Waals surface area contributed by atoms with Gasteiger partial charge in [-0.15, -0.1) is 0 Å². The summed E-state index contributed by atoms with van der Waals surface area (Å²) in [5, 5.41) is 0. The Morgan fingerprint density at radius 3 is 2.55 bits per heavy atom. The fraction of sp³-hybridized carbons (Fsp3) is 0.750. The van der Waals surface area contributed by atoms with Crippen LogP contribution in [0.25, 0.3) is 0 Å². The molecule has 2 rings (SSSR count). The van der Waals surface area contributed by atoms with Crippen LogP contribution in [-0.2, 0) is 9.47 Å². The Balaban J connectivity index is 0.000000605. The van der Waals surface area contributed by atoms with Gasteiger partial charge in [-0.1, -0.05) is 6.42 Å². The fourth-order valence-corrected chi connectivity index (χ4v) is 1.43. The molecule has 1 aliphatic heterocycles. The van der Waals surface area contributed by atoms with Crippen LogP contribution in [0.3, 0.4) is 0 Å². The van der Waals surface area contributed by atoms with Crippen molar-refractivity contribution in [1.82, 2.24) is 0 Å². The van der Waals surface area contributed by atoms with Gasteiger partial charge in [-0.3, -0.25) is 0 Å². The average Bonchev–Trinajstić information content (AvgIpc) is 2.39. The van der Waals surface area contributed by atoms with Crippen LogP contribution in [0, 0.1) is 6.08 Å². The van der Waals surface area contributed by atoms with Crippen molar-refractivity contribution < 1.29 is 28.3 Å². The van der Waals surface area contributed by atoms with E-state index in [1.165, 1.54) is 0 Å². The van der Waals surface area contributed by atoms with Gasteiger partial charge in [0.15, 0.2) is 5.79 Å². The SMILES string of the molecule is [C-]1=CC2(CCC1)OCCO2.[Li+]. The summed E-state index contributed by atoms with van der Waals surface area (Å²) in [5.41, 5.74) is 0. The van der Waals surface area contributed by atoms with Crippen molar-refractivity contribution in [3.05, 3.63) is 12.2 Å². The molecule has 11 heavy (non-hydrogen) atoms. The predicted molar refractivity (Wildman–Crippen MR) is 36.3 cm³/mol. The van der Waals surface area contributed by atoms with Gasteiger partial charge in [-0.25, -0.2) is 6.08 Å². The van der Waals surface area contributed by atoms with Crippen LogP contribution in [0.5, 0.6) is 0 Å². The Labute approximate surface area is 79.1 Å². The minimum Gasteiger partial charge on any atom is -0.495 e. The van der Waals surface area contributed by atoms with Crippen LogP contribution in [-0.4, -0.2) is 19.0 Å².